The number of aliphatic hydroxyl groups excluding tert-OH is 1. The third-order valence-electron chi connectivity index (χ3n) is 6.43. The molecule has 1 aliphatic heterocycles. The van der Waals surface area contributed by atoms with Gasteiger partial charge in [0.05, 0.1) is 11.1 Å². The van der Waals surface area contributed by atoms with Gasteiger partial charge in [0.15, 0.2) is 0 Å². The first-order chi connectivity index (χ1) is 14.4. The lowest BCUT2D eigenvalue weighted by Gasteiger charge is -2.37. The van der Waals surface area contributed by atoms with Gasteiger partial charge in [-0.1, -0.05) is 41.9 Å². The van der Waals surface area contributed by atoms with Gasteiger partial charge < -0.3 is 15.2 Å². The predicted octanol–water partition coefficient (Wildman–Crippen LogP) is 5.43. The summed E-state index contributed by atoms with van der Waals surface area (Å²) < 4.78 is 21.0. The Bertz CT molecular complexity index is 1010. The van der Waals surface area contributed by atoms with E-state index in [2.05, 4.69) is 5.32 Å². The van der Waals surface area contributed by atoms with E-state index in [1.54, 1.807) is 32.2 Å². The first kappa shape index (κ1) is 20.9. The maximum absolute atomic E-state index is 15.7. The second kappa shape index (κ2) is 8.05. The van der Waals surface area contributed by atoms with E-state index in [4.69, 9.17) is 16.3 Å². The van der Waals surface area contributed by atoms with E-state index in [-0.39, 0.29) is 16.9 Å². The SMILES string of the molecule is COCC1CCC2(CC1)NC(=O)C(c1c(C)c(Cl)cc(-c3ccccc3)c1F)=C2O. The second-order valence-electron chi connectivity index (χ2n) is 8.24. The number of carbonyl (C=O) groups is 1. The molecule has 2 aromatic carbocycles. The van der Waals surface area contributed by atoms with Crippen LogP contribution in [0.25, 0.3) is 16.7 Å². The zero-order valence-electron chi connectivity index (χ0n) is 17.1. The van der Waals surface area contributed by atoms with E-state index in [0.717, 1.165) is 12.8 Å². The van der Waals surface area contributed by atoms with Crippen LogP contribution in [-0.4, -0.2) is 30.3 Å². The molecule has 0 atom stereocenters. The number of hydrogen-bond donors (Lipinski definition) is 2. The van der Waals surface area contributed by atoms with E-state index < -0.39 is 17.3 Å². The van der Waals surface area contributed by atoms with Crippen LogP contribution in [-0.2, 0) is 9.53 Å². The van der Waals surface area contributed by atoms with E-state index in [9.17, 15) is 9.90 Å². The molecule has 4 rings (SSSR count). The highest BCUT2D eigenvalue weighted by Crippen LogP contribution is 2.45. The average Bonchev–Trinajstić information content (AvgIpc) is 2.98. The van der Waals surface area contributed by atoms with Gasteiger partial charge in [-0.2, -0.15) is 0 Å². The number of benzene rings is 2. The summed E-state index contributed by atoms with van der Waals surface area (Å²) in [6, 6.07) is 10.6. The molecule has 1 heterocycles. The van der Waals surface area contributed by atoms with Gasteiger partial charge in [0.25, 0.3) is 5.91 Å². The summed E-state index contributed by atoms with van der Waals surface area (Å²) >= 11 is 6.43. The van der Waals surface area contributed by atoms with Crippen molar-refractivity contribution < 1.29 is 19.0 Å². The predicted molar refractivity (Wildman–Crippen MR) is 116 cm³/mol. The number of nitrogens with one attached hydrogen (secondary N) is 1. The lowest BCUT2D eigenvalue weighted by atomic mass is 9.75. The monoisotopic (exact) mass is 429 g/mol. The standard InChI is InChI=1S/C24H25ClFNO3/c1-14-18(25)12-17(16-6-4-3-5-7-16)21(26)19(14)20-22(28)24(27-23(20)29)10-8-15(9-11-24)13-30-2/h3-7,12,15,28H,8-11,13H2,1-2H3,(H,27,29). The lowest BCUT2D eigenvalue weighted by molar-refractivity contribution is -0.116. The Balaban J connectivity index is 1.81. The highest BCUT2D eigenvalue weighted by molar-refractivity contribution is 6.33. The van der Waals surface area contributed by atoms with Crippen molar-refractivity contribution in [3.05, 3.63) is 64.1 Å². The minimum Gasteiger partial charge on any atom is -0.509 e. The Labute approximate surface area is 180 Å². The fraction of sp³-hybridized carbons (Fsp3) is 0.375. The van der Waals surface area contributed by atoms with E-state index in [1.165, 1.54) is 0 Å². The van der Waals surface area contributed by atoms with Crippen molar-refractivity contribution in [1.82, 2.24) is 5.32 Å². The Morgan fingerprint density at radius 3 is 2.57 bits per heavy atom. The van der Waals surface area contributed by atoms with Gasteiger partial charge in [0.1, 0.15) is 11.6 Å². The molecule has 30 heavy (non-hydrogen) atoms. The third-order valence-corrected chi connectivity index (χ3v) is 6.82. The quantitative estimate of drug-likeness (QED) is 0.681. The molecular formula is C24H25ClFNO3. The van der Waals surface area contributed by atoms with Crippen LogP contribution in [0.3, 0.4) is 0 Å². The number of halogens is 2. The van der Waals surface area contributed by atoms with Gasteiger partial charge in [-0.05, 0) is 55.7 Å². The van der Waals surface area contributed by atoms with Crippen LogP contribution in [0.2, 0.25) is 5.02 Å². The molecule has 2 aliphatic rings. The molecule has 1 fully saturated rings. The van der Waals surface area contributed by atoms with Crippen molar-refractivity contribution in [2.75, 3.05) is 13.7 Å². The van der Waals surface area contributed by atoms with E-state index >= 15 is 4.39 Å². The van der Waals surface area contributed by atoms with Gasteiger partial charge in [-0.15, -0.1) is 0 Å². The molecule has 6 heteroatoms. The summed E-state index contributed by atoms with van der Waals surface area (Å²) in [5.41, 5.74) is 0.633. The molecule has 4 nitrogen and oxygen atoms in total. The molecule has 0 radical (unpaired) electrons. The van der Waals surface area contributed by atoms with Crippen LogP contribution in [0.15, 0.2) is 42.2 Å². The number of aliphatic hydroxyl groups is 1. The van der Waals surface area contributed by atoms with Crippen molar-refractivity contribution in [1.29, 1.82) is 0 Å². The zero-order chi connectivity index (χ0) is 21.5. The maximum atomic E-state index is 15.7. The van der Waals surface area contributed by atoms with Crippen LogP contribution in [0.5, 0.6) is 0 Å². The first-order valence-electron chi connectivity index (χ1n) is 10.2. The maximum Gasteiger partial charge on any atom is 0.256 e. The van der Waals surface area contributed by atoms with Gasteiger partial charge in [-0.3, -0.25) is 4.79 Å². The number of hydrogen-bond acceptors (Lipinski definition) is 3. The number of amides is 1. The summed E-state index contributed by atoms with van der Waals surface area (Å²) in [5.74, 6) is -0.693. The number of carbonyl (C=O) groups excluding carboxylic acids is 1. The van der Waals surface area contributed by atoms with Crippen LogP contribution in [0, 0.1) is 18.7 Å². The molecule has 0 saturated heterocycles. The van der Waals surface area contributed by atoms with E-state index in [0.29, 0.717) is 47.1 Å². The molecule has 2 N–H and O–H groups in total. The Kier molecular flexibility index (Phi) is 5.60. The zero-order valence-corrected chi connectivity index (χ0v) is 17.9. The fourth-order valence-electron chi connectivity index (χ4n) is 4.69. The first-order valence-corrected chi connectivity index (χ1v) is 10.6. The number of rotatable bonds is 4. The smallest absolute Gasteiger partial charge is 0.256 e. The molecule has 1 saturated carbocycles. The van der Waals surface area contributed by atoms with E-state index in [1.807, 2.05) is 18.2 Å². The highest BCUT2D eigenvalue weighted by atomic mass is 35.5. The molecule has 1 aliphatic carbocycles. The van der Waals surface area contributed by atoms with Crippen molar-refractivity contribution in [3.63, 3.8) is 0 Å². The Morgan fingerprint density at radius 2 is 1.93 bits per heavy atom. The average molecular weight is 430 g/mol. The second-order valence-corrected chi connectivity index (χ2v) is 8.65. The lowest BCUT2D eigenvalue weighted by Crippen LogP contribution is -2.47. The van der Waals surface area contributed by atoms with Gasteiger partial charge in [0.2, 0.25) is 0 Å². The largest absolute Gasteiger partial charge is 0.509 e. The molecule has 1 spiro atoms. The Morgan fingerprint density at radius 1 is 1.27 bits per heavy atom. The Hall–Kier alpha value is -2.37. The fourth-order valence-corrected chi connectivity index (χ4v) is 4.90. The normalized spacial score (nSPS) is 23.9. The van der Waals surface area contributed by atoms with Crippen LogP contribution < -0.4 is 5.32 Å². The highest BCUT2D eigenvalue weighted by Gasteiger charge is 2.48. The molecule has 0 bridgehead atoms. The number of methoxy groups -OCH3 is 1. The van der Waals surface area contributed by atoms with Crippen LogP contribution in [0.1, 0.15) is 36.8 Å². The van der Waals surface area contributed by atoms with Crippen molar-refractivity contribution in [2.45, 2.75) is 38.1 Å². The van der Waals surface area contributed by atoms with Crippen molar-refractivity contribution in [2.24, 2.45) is 5.92 Å². The van der Waals surface area contributed by atoms with Gasteiger partial charge >= 0.3 is 0 Å². The molecular weight excluding hydrogens is 405 g/mol. The van der Waals surface area contributed by atoms with Gasteiger partial charge in [0, 0.05) is 29.9 Å². The van der Waals surface area contributed by atoms with Crippen molar-refractivity contribution in [3.8, 4) is 11.1 Å². The summed E-state index contributed by atoms with van der Waals surface area (Å²) in [4.78, 5) is 13.0. The summed E-state index contributed by atoms with van der Waals surface area (Å²) in [7, 11) is 1.67. The molecule has 0 unspecified atom stereocenters. The number of ether oxygens (including phenoxy) is 1. The minimum atomic E-state index is -0.842. The molecule has 2 aromatic rings. The molecule has 158 valence electrons. The third kappa shape index (κ3) is 3.40. The molecule has 0 aromatic heterocycles. The van der Waals surface area contributed by atoms with Crippen molar-refractivity contribution >= 4 is 23.1 Å². The topological polar surface area (TPSA) is 58.6 Å². The minimum absolute atomic E-state index is 0.00475. The van der Waals surface area contributed by atoms with Gasteiger partial charge in [-0.25, -0.2) is 4.39 Å². The summed E-state index contributed by atoms with van der Waals surface area (Å²) in [6.07, 6.45) is 2.82. The summed E-state index contributed by atoms with van der Waals surface area (Å²) in [6.45, 7) is 2.33. The van der Waals surface area contributed by atoms with Crippen LogP contribution in [0.4, 0.5) is 4.39 Å². The molecule has 1 amide bonds. The van der Waals surface area contributed by atoms with Crippen LogP contribution >= 0.6 is 11.6 Å². The summed E-state index contributed by atoms with van der Waals surface area (Å²) in [5, 5.41) is 14.5.